The zero-order valence-corrected chi connectivity index (χ0v) is 49.5. The first-order valence-electron chi connectivity index (χ1n) is 26.0. The van der Waals surface area contributed by atoms with Crippen LogP contribution in [0.3, 0.4) is 0 Å². The summed E-state index contributed by atoms with van der Waals surface area (Å²) in [7, 11) is 0. The summed E-state index contributed by atoms with van der Waals surface area (Å²) in [5, 5.41) is 35.8. The molecule has 0 fully saturated rings. The van der Waals surface area contributed by atoms with Gasteiger partial charge in [0, 0.05) is 71.8 Å². The Kier molecular flexibility index (Phi) is 20.4. The number of urea groups is 2. The zero-order chi connectivity index (χ0) is 56.7. The zero-order valence-electron chi connectivity index (χ0n) is 47.2. The summed E-state index contributed by atoms with van der Waals surface area (Å²) in [5.41, 5.74) is 12.3. The fourth-order valence-corrected chi connectivity index (χ4v) is 8.58. The maximum absolute atomic E-state index is 13.2. The van der Waals surface area contributed by atoms with Gasteiger partial charge in [0.05, 0.1) is 53.6 Å². The average Bonchev–Trinajstić information content (AvgIpc) is 4.42. The number of benzene rings is 6. The van der Waals surface area contributed by atoms with Crippen molar-refractivity contribution in [3.63, 3.8) is 0 Å². The quantitative estimate of drug-likeness (QED) is 0.0367. The molecule has 0 saturated carbocycles. The number of nitrogens with zero attached hydrogens (tertiary/aromatic N) is 9. The molecule has 21 heteroatoms. The molecule has 4 aromatic heterocycles. The molecule has 0 unspecified atom stereocenters. The summed E-state index contributed by atoms with van der Waals surface area (Å²) in [6.07, 6.45) is 6.21. The van der Waals surface area contributed by atoms with E-state index in [-0.39, 0.29) is 65.2 Å². The van der Waals surface area contributed by atoms with Crippen molar-refractivity contribution >= 4 is 68.3 Å². The summed E-state index contributed by atoms with van der Waals surface area (Å²) in [6, 6.07) is 41.8. The molecule has 10 rings (SSSR count). The second kappa shape index (κ2) is 27.0. The van der Waals surface area contributed by atoms with Crippen molar-refractivity contribution in [3.05, 3.63) is 199 Å². The first-order valence-corrected chi connectivity index (χ1v) is 26.0. The summed E-state index contributed by atoms with van der Waals surface area (Å²) in [4.78, 5) is 44.6. The number of rotatable bonds is 15. The molecule has 0 aliphatic rings. The Labute approximate surface area is 497 Å². The van der Waals surface area contributed by atoms with Gasteiger partial charge in [-0.3, -0.25) is 10.6 Å². The van der Waals surface area contributed by atoms with Gasteiger partial charge in [-0.15, -0.1) is 0 Å². The fraction of sp³-hybridized carbons (Fsp3) is 0.242. The third-order valence-corrected chi connectivity index (χ3v) is 12.9. The van der Waals surface area contributed by atoms with Crippen LogP contribution in [0.4, 0.5) is 44.2 Å². The van der Waals surface area contributed by atoms with Crippen molar-refractivity contribution in [1.82, 2.24) is 38.7 Å². The van der Waals surface area contributed by atoms with Crippen LogP contribution in [0.1, 0.15) is 71.5 Å². The van der Waals surface area contributed by atoms with Crippen LogP contribution in [0.25, 0.3) is 32.9 Å². The Morgan fingerprint density at radius 1 is 0.578 bits per heavy atom. The Morgan fingerprint density at radius 2 is 0.976 bits per heavy atom. The van der Waals surface area contributed by atoms with Crippen LogP contribution in [-0.4, -0.2) is 68.9 Å². The van der Waals surface area contributed by atoms with E-state index in [1.807, 2.05) is 140 Å². The molecule has 0 aliphatic carbocycles. The topological polar surface area (TPSA) is 241 Å². The monoisotopic (exact) mass is 1300 g/mol. The molecule has 0 spiro atoms. The van der Waals surface area contributed by atoms with Crippen LogP contribution >= 0.6 is 0 Å². The Morgan fingerprint density at radius 3 is 1.35 bits per heavy atom. The van der Waals surface area contributed by atoms with Gasteiger partial charge in [-0.1, -0.05) is 133 Å². The number of nitrogens with one attached hydrogen (secondary N) is 4. The number of hydrogen-bond acceptors (Lipinski definition) is 11. The van der Waals surface area contributed by atoms with Gasteiger partial charge in [0.1, 0.15) is 48.4 Å². The van der Waals surface area contributed by atoms with Crippen LogP contribution in [0.15, 0.2) is 159 Å². The third kappa shape index (κ3) is 15.6. The maximum Gasteiger partial charge on any atom is 0.381 e. The van der Waals surface area contributed by atoms with Crippen molar-refractivity contribution in [2.75, 3.05) is 40.2 Å². The smallest absolute Gasteiger partial charge is 0.381 e. The van der Waals surface area contributed by atoms with Gasteiger partial charge in [-0.05, 0) is 72.3 Å². The normalized spacial score (nSPS) is 11.0. The molecule has 0 saturated heterocycles. The fourth-order valence-electron chi connectivity index (χ4n) is 8.58. The van der Waals surface area contributed by atoms with Gasteiger partial charge in [0.2, 0.25) is 6.33 Å². The first kappa shape index (κ1) is 62.9. The molecule has 0 atom stereocenters. The number of carbonyl (C=O) groups excluding carboxylic acids is 2. The Hall–Kier alpha value is -9.29. The molecule has 20 nitrogen and oxygen atoms in total. The van der Waals surface area contributed by atoms with Crippen molar-refractivity contribution in [3.8, 4) is 22.9 Å². The van der Waals surface area contributed by atoms with Crippen molar-refractivity contribution in [1.29, 1.82) is 0 Å². The van der Waals surface area contributed by atoms with Gasteiger partial charge < -0.3 is 52.5 Å². The van der Waals surface area contributed by atoms with Gasteiger partial charge >= 0.3 is 17.9 Å². The number of nitrogens with two attached hydrogens (primary N) is 1. The van der Waals surface area contributed by atoms with E-state index in [9.17, 15) is 19.7 Å². The summed E-state index contributed by atoms with van der Waals surface area (Å²) in [6.45, 7) is 18.3. The van der Waals surface area contributed by atoms with Crippen molar-refractivity contribution < 1.29 is 45.1 Å². The minimum Gasteiger partial charge on any atom is -0.491 e. The summed E-state index contributed by atoms with van der Waals surface area (Å²) in [5.74, 6) is 2.78. The summed E-state index contributed by atoms with van der Waals surface area (Å²) < 4.78 is 19.1. The third-order valence-electron chi connectivity index (χ3n) is 12.9. The molecule has 6 N–H and O–H groups in total. The molecule has 0 bridgehead atoms. The van der Waals surface area contributed by atoms with Crippen molar-refractivity contribution in [2.24, 2.45) is 0 Å². The number of nitro groups is 1. The van der Waals surface area contributed by atoms with E-state index in [0.29, 0.717) is 54.3 Å². The number of amides is 4. The minimum atomic E-state index is -0.535. The molecule has 436 valence electrons. The van der Waals surface area contributed by atoms with Crippen LogP contribution in [-0.2, 0) is 45.0 Å². The van der Waals surface area contributed by atoms with Gasteiger partial charge in [-0.25, -0.2) is 23.9 Å². The second-order valence-electron chi connectivity index (χ2n) is 21.3. The maximum atomic E-state index is 13.2. The number of fused-ring (bicyclic) bond motifs is 2. The standard InChI is InChI=1S/C30H31N7O4.C30H33N7O2.CH4.CH3.Pt/c1-20-9-11-21(12-10-20)36-27(17-26(34-36)30(2,3)4)33-29(38)32-24-13-14-25(23-8-6-5-7-22(23)24)41-16-15-35-18-28(31-19-35)37(39)40;1-20-9-11-21(12-10-20)37-28(17-26(35-37)30(2,3)4)34-29(38)33-24-13-14-25(23-8-6-5-7-22(23)24)39-16-15-36-18-27(31)32-19-36;;;/h5-14,17-19H,15-16H2,1-4H3,(H2,32,33,38);5-14,17-19H,15-16,31H2,1-4H3,(H2,33,34,38);1H4;1H3;/q;;;-1;. The van der Waals surface area contributed by atoms with Crippen LogP contribution < -0.4 is 36.5 Å². The number of hydrogen-bond donors (Lipinski definition) is 5. The van der Waals surface area contributed by atoms with Gasteiger partial charge in [-0.2, -0.15) is 10.2 Å². The molecule has 4 heterocycles. The predicted octanol–water partition coefficient (Wildman–Crippen LogP) is 13.7. The van der Waals surface area contributed by atoms with E-state index >= 15 is 0 Å². The molecular weight excluding hydrogens is 1230 g/mol. The number of aryl methyl sites for hydroxylation is 2. The largest absolute Gasteiger partial charge is 0.491 e. The van der Waals surface area contributed by atoms with Crippen LogP contribution in [0.2, 0.25) is 0 Å². The van der Waals surface area contributed by atoms with E-state index in [2.05, 4.69) is 72.8 Å². The van der Waals surface area contributed by atoms with Crippen LogP contribution in [0.5, 0.6) is 11.5 Å². The predicted molar refractivity (Wildman–Crippen MR) is 327 cm³/mol. The van der Waals surface area contributed by atoms with E-state index < -0.39 is 11.0 Å². The number of carbonyl (C=O) groups is 2. The first-order chi connectivity index (χ1) is 38.2. The molecule has 83 heavy (non-hydrogen) atoms. The van der Waals surface area contributed by atoms with Gasteiger partial charge in [0.25, 0.3) is 0 Å². The SMILES string of the molecule is C.Cc1ccc(-n2nc(C(C)(C)C)cc2NC(=O)Nc2ccc(OCCn3cnc(N)c3)c3ccccc23)cc1.Cc1ccc(-n2nc(C(C)(C)C)cc2NC(=O)Nc2ccc(OCCn3cnc([N+](=O)[O-])c3)c3ccccc23)cc1.[CH3-].[Pt]. The van der Waals surface area contributed by atoms with Crippen molar-refractivity contribution in [2.45, 2.75) is 86.7 Å². The molecule has 0 aliphatic heterocycles. The van der Waals surface area contributed by atoms with E-state index in [1.165, 1.54) is 12.5 Å². The molecule has 0 radical (unpaired) electrons. The van der Waals surface area contributed by atoms with Gasteiger partial charge in [0.15, 0.2) is 0 Å². The Balaban J connectivity index is 0.000000258. The Bertz CT molecular complexity index is 3830. The molecule has 10 aromatic rings. The molecular formula is C62H71N14O6Pt-. The van der Waals surface area contributed by atoms with E-state index in [4.69, 9.17) is 25.4 Å². The number of aromatic nitrogens is 8. The average molecular weight is 1300 g/mol. The number of imidazole rings is 2. The van der Waals surface area contributed by atoms with E-state index in [1.54, 1.807) is 38.6 Å². The number of anilines is 5. The number of nitrogen functional groups attached to an aromatic ring is 1. The molecule has 4 amide bonds. The number of ether oxygens (including phenoxy) is 2. The second-order valence-corrected chi connectivity index (χ2v) is 21.3. The minimum absolute atomic E-state index is 0. The van der Waals surface area contributed by atoms with E-state index in [0.717, 1.165) is 61.2 Å². The van der Waals surface area contributed by atoms with Crippen LogP contribution in [0, 0.1) is 31.4 Å². The summed E-state index contributed by atoms with van der Waals surface area (Å²) >= 11 is 0. The molecule has 6 aromatic carbocycles.